The molecule has 0 bridgehead atoms. The molecule has 0 saturated heterocycles. The van der Waals surface area contributed by atoms with Crippen LogP contribution in [-0.4, -0.2) is 64.7 Å². The molecule has 1 atom stereocenters. The van der Waals surface area contributed by atoms with Crippen LogP contribution in [0.15, 0.2) is 48.5 Å². The third-order valence-corrected chi connectivity index (χ3v) is 6.59. The van der Waals surface area contributed by atoms with Crippen LogP contribution in [0.25, 0.3) is 0 Å². The smallest absolute Gasteiger partial charge is 0.244 e. The number of rotatable bonds is 13. The third-order valence-electron chi connectivity index (χ3n) is 5.46. The summed E-state index contributed by atoms with van der Waals surface area (Å²) in [5, 5.41) is 2.85. The number of methoxy groups -OCH3 is 2. The Hall–Kier alpha value is -3.27. The molecule has 0 saturated carbocycles. The van der Waals surface area contributed by atoms with Crippen molar-refractivity contribution in [3.63, 3.8) is 0 Å². The lowest BCUT2D eigenvalue weighted by Gasteiger charge is -2.33. The van der Waals surface area contributed by atoms with Gasteiger partial charge in [0.2, 0.25) is 21.8 Å². The molecule has 0 aliphatic heterocycles. The molecular weight excluding hydrogens is 470 g/mol. The first-order valence-electron chi connectivity index (χ1n) is 11.5. The average Bonchev–Trinajstić information content (AvgIpc) is 2.85. The second kappa shape index (κ2) is 13.0. The maximum Gasteiger partial charge on any atom is 0.244 e. The number of hydrogen-bond donors (Lipinski definition) is 1. The van der Waals surface area contributed by atoms with Crippen molar-refractivity contribution in [3.8, 4) is 11.5 Å². The first-order chi connectivity index (χ1) is 16.7. The number of benzene rings is 2. The molecular formula is C25H35N3O6S. The normalized spacial score (nSPS) is 11.9. The van der Waals surface area contributed by atoms with Crippen LogP contribution in [0, 0.1) is 0 Å². The van der Waals surface area contributed by atoms with Crippen molar-refractivity contribution in [3.05, 3.63) is 54.1 Å². The first-order valence-corrected chi connectivity index (χ1v) is 13.3. The Morgan fingerprint density at radius 2 is 1.71 bits per heavy atom. The van der Waals surface area contributed by atoms with Crippen LogP contribution in [-0.2, 0) is 26.2 Å². The molecule has 0 aliphatic rings. The summed E-state index contributed by atoms with van der Waals surface area (Å²) in [6.45, 7) is 3.90. The van der Waals surface area contributed by atoms with E-state index in [0.717, 1.165) is 22.5 Å². The fourth-order valence-electron chi connectivity index (χ4n) is 3.65. The van der Waals surface area contributed by atoms with Gasteiger partial charge in [-0.3, -0.25) is 13.9 Å². The molecule has 10 heteroatoms. The van der Waals surface area contributed by atoms with Gasteiger partial charge in [-0.25, -0.2) is 8.42 Å². The van der Waals surface area contributed by atoms with Crippen molar-refractivity contribution in [1.29, 1.82) is 0 Å². The summed E-state index contributed by atoms with van der Waals surface area (Å²) in [6, 6.07) is 13.2. The number of anilines is 1. The second-order valence-electron chi connectivity index (χ2n) is 8.03. The minimum Gasteiger partial charge on any atom is -0.497 e. The summed E-state index contributed by atoms with van der Waals surface area (Å²) < 4.78 is 37.2. The highest BCUT2D eigenvalue weighted by Crippen LogP contribution is 2.34. The quantitative estimate of drug-likeness (QED) is 0.449. The van der Waals surface area contributed by atoms with E-state index in [1.807, 2.05) is 44.2 Å². The van der Waals surface area contributed by atoms with Crippen LogP contribution < -0.4 is 19.1 Å². The SMILES string of the molecule is CCCNC(=O)[C@H](CC)N(Cc1ccccc1)C(=O)CN(c1cc(OC)ccc1OC)S(C)(=O)=O. The number of ether oxygens (including phenoxy) is 2. The number of nitrogens with zero attached hydrogens (tertiary/aromatic N) is 2. The number of carbonyl (C=O) groups is 2. The van der Waals surface area contributed by atoms with Crippen LogP contribution in [0.3, 0.4) is 0 Å². The Morgan fingerprint density at radius 1 is 1.03 bits per heavy atom. The van der Waals surface area contributed by atoms with E-state index < -0.39 is 28.5 Å². The molecule has 2 aromatic carbocycles. The molecule has 0 aromatic heterocycles. The van der Waals surface area contributed by atoms with E-state index in [4.69, 9.17) is 9.47 Å². The van der Waals surface area contributed by atoms with Gasteiger partial charge in [0.25, 0.3) is 0 Å². The molecule has 2 rings (SSSR count). The molecule has 0 aliphatic carbocycles. The molecule has 35 heavy (non-hydrogen) atoms. The van der Waals surface area contributed by atoms with Gasteiger partial charge in [-0.1, -0.05) is 44.2 Å². The zero-order valence-electron chi connectivity index (χ0n) is 21.0. The summed E-state index contributed by atoms with van der Waals surface area (Å²) in [6.07, 6.45) is 2.15. The van der Waals surface area contributed by atoms with E-state index in [-0.39, 0.29) is 23.9 Å². The van der Waals surface area contributed by atoms with Gasteiger partial charge >= 0.3 is 0 Å². The minimum atomic E-state index is -3.89. The summed E-state index contributed by atoms with van der Waals surface area (Å²) in [5.41, 5.74) is 0.998. The monoisotopic (exact) mass is 505 g/mol. The summed E-state index contributed by atoms with van der Waals surface area (Å²) in [7, 11) is -1.01. The molecule has 9 nitrogen and oxygen atoms in total. The lowest BCUT2D eigenvalue weighted by Crippen LogP contribution is -2.52. The predicted octanol–water partition coefficient (Wildman–Crippen LogP) is 2.80. The molecule has 1 N–H and O–H groups in total. The number of carbonyl (C=O) groups excluding carboxylic acids is 2. The molecule has 0 spiro atoms. The Morgan fingerprint density at radius 3 is 2.26 bits per heavy atom. The van der Waals surface area contributed by atoms with Crippen molar-refractivity contribution < 1.29 is 27.5 Å². The van der Waals surface area contributed by atoms with Gasteiger partial charge in [0.05, 0.1) is 26.2 Å². The lowest BCUT2D eigenvalue weighted by atomic mass is 10.1. The predicted molar refractivity (Wildman–Crippen MR) is 136 cm³/mol. The Labute approximate surface area is 208 Å². The van der Waals surface area contributed by atoms with Crippen LogP contribution in [0.1, 0.15) is 32.3 Å². The number of hydrogen-bond acceptors (Lipinski definition) is 6. The number of amides is 2. The van der Waals surface area contributed by atoms with E-state index in [2.05, 4.69) is 5.32 Å². The summed E-state index contributed by atoms with van der Waals surface area (Å²) >= 11 is 0. The van der Waals surface area contributed by atoms with Crippen LogP contribution in [0.5, 0.6) is 11.5 Å². The molecule has 2 aromatic rings. The second-order valence-corrected chi connectivity index (χ2v) is 9.94. The summed E-state index contributed by atoms with van der Waals surface area (Å²) in [5.74, 6) is -0.106. The van der Waals surface area contributed by atoms with Crippen LogP contribution >= 0.6 is 0 Å². The average molecular weight is 506 g/mol. The van der Waals surface area contributed by atoms with E-state index in [0.29, 0.717) is 18.7 Å². The third kappa shape index (κ3) is 7.61. The molecule has 2 amide bonds. The highest BCUT2D eigenvalue weighted by atomic mass is 32.2. The van der Waals surface area contributed by atoms with Crippen molar-refractivity contribution >= 4 is 27.5 Å². The van der Waals surface area contributed by atoms with Gasteiger partial charge in [-0.05, 0) is 30.5 Å². The van der Waals surface area contributed by atoms with Gasteiger partial charge in [0.1, 0.15) is 24.1 Å². The molecule has 0 heterocycles. The Bertz CT molecular complexity index is 1090. The van der Waals surface area contributed by atoms with E-state index in [9.17, 15) is 18.0 Å². The zero-order valence-corrected chi connectivity index (χ0v) is 21.8. The molecule has 192 valence electrons. The Kier molecular flexibility index (Phi) is 10.4. The van der Waals surface area contributed by atoms with Crippen molar-refractivity contribution in [2.45, 2.75) is 39.3 Å². The van der Waals surface area contributed by atoms with Gasteiger partial charge in [0.15, 0.2) is 0 Å². The van der Waals surface area contributed by atoms with E-state index >= 15 is 0 Å². The number of nitrogens with one attached hydrogen (secondary N) is 1. The lowest BCUT2D eigenvalue weighted by molar-refractivity contribution is -0.140. The summed E-state index contributed by atoms with van der Waals surface area (Å²) in [4.78, 5) is 28.0. The maximum absolute atomic E-state index is 13.7. The van der Waals surface area contributed by atoms with Crippen LogP contribution in [0.2, 0.25) is 0 Å². The van der Waals surface area contributed by atoms with E-state index in [1.54, 1.807) is 12.1 Å². The minimum absolute atomic E-state index is 0.157. The first kappa shape index (κ1) is 28.0. The molecule has 0 radical (unpaired) electrons. The van der Waals surface area contributed by atoms with Crippen molar-refractivity contribution in [2.75, 3.05) is 37.9 Å². The highest BCUT2D eigenvalue weighted by Gasteiger charge is 2.32. The zero-order chi connectivity index (χ0) is 26.0. The van der Waals surface area contributed by atoms with Crippen molar-refractivity contribution in [1.82, 2.24) is 10.2 Å². The van der Waals surface area contributed by atoms with Gasteiger partial charge in [-0.2, -0.15) is 0 Å². The fourth-order valence-corrected chi connectivity index (χ4v) is 4.50. The highest BCUT2D eigenvalue weighted by molar-refractivity contribution is 7.92. The maximum atomic E-state index is 13.7. The van der Waals surface area contributed by atoms with Crippen LogP contribution in [0.4, 0.5) is 5.69 Å². The van der Waals surface area contributed by atoms with Crippen molar-refractivity contribution in [2.24, 2.45) is 0 Å². The largest absolute Gasteiger partial charge is 0.497 e. The standard InChI is InChI=1S/C25H35N3O6S/c1-6-15-26-25(30)21(7-2)27(17-19-11-9-8-10-12-19)24(29)18-28(35(5,31)32)22-16-20(33-3)13-14-23(22)34-4/h8-14,16,21H,6-7,15,17-18H2,1-5H3,(H,26,30)/t21-/m0/s1. The molecule has 0 fully saturated rings. The molecule has 0 unspecified atom stereocenters. The van der Waals surface area contributed by atoms with Gasteiger partial charge in [0, 0.05) is 19.2 Å². The van der Waals surface area contributed by atoms with Gasteiger partial charge < -0.3 is 19.7 Å². The fraction of sp³-hybridized carbons (Fsp3) is 0.440. The van der Waals surface area contributed by atoms with Gasteiger partial charge in [-0.15, -0.1) is 0 Å². The van der Waals surface area contributed by atoms with E-state index in [1.165, 1.54) is 25.2 Å². The number of sulfonamides is 1. The topological polar surface area (TPSA) is 105 Å². The Balaban J connectivity index is 2.49.